The van der Waals surface area contributed by atoms with Crippen LogP contribution in [0.1, 0.15) is 16.1 Å². The van der Waals surface area contributed by atoms with Gasteiger partial charge in [0.2, 0.25) is 0 Å². The molecule has 22 heavy (non-hydrogen) atoms. The highest BCUT2D eigenvalue weighted by Gasteiger charge is 2.13. The van der Waals surface area contributed by atoms with Gasteiger partial charge in [0.1, 0.15) is 0 Å². The standard InChI is InChI=1S/C17H16N4O/c1-21(17(22)14-8-5-9-18-11-14)12-15-10-16(20-19-15)13-6-3-2-4-7-13/h2-11H,12H2,1H3,(H,19,20). The number of aromatic amines is 1. The molecule has 1 N–H and O–H groups in total. The quantitative estimate of drug-likeness (QED) is 0.804. The van der Waals surface area contributed by atoms with Gasteiger partial charge in [-0.25, -0.2) is 0 Å². The van der Waals surface area contributed by atoms with Gasteiger partial charge in [-0.3, -0.25) is 14.9 Å². The molecule has 2 aromatic heterocycles. The Morgan fingerprint density at radius 3 is 2.73 bits per heavy atom. The fourth-order valence-corrected chi connectivity index (χ4v) is 2.24. The number of H-pyrrole nitrogens is 1. The highest BCUT2D eigenvalue weighted by atomic mass is 16.2. The molecule has 0 bridgehead atoms. The van der Waals surface area contributed by atoms with Crippen LogP contribution in [-0.4, -0.2) is 33.0 Å². The Bertz CT molecular complexity index is 753. The van der Waals surface area contributed by atoms with Crippen molar-refractivity contribution in [3.8, 4) is 11.3 Å². The minimum absolute atomic E-state index is 0.0658. The van der Waals surface area contributed by atoms with E-state index in [9.17, 15) is 4.79 Å². The molecular weight excluding hydrogens is 276 g/mol. The van der Waals surface area contributed by atoms with Crippen molar-refractivity contribution in [2.24, 2.45) is 0 Å². The highest BCUT2D eigenvalue weighted by molar-refractivity contribution is 5.93. The van der Waals surface area contributed by atoms with Crippen LogP contribution in [0.15, 0.2) is 60.9 Å². The number of amides is 1. The average Bonchev–Trinajstić information content (AvgIpc) is 3.04. The SMILES string of the molecule is CN(Cc1cc(-c2ccccc2)n[nH]1)C(=O)c1cccnc1. The van der Waals surface area contributed by atoms with E-state index in [2.05, 4.69) is 15.2 Å². The summed E-state index contributed by atoms with van der Waals surface area (Å²) in [7, 11) is 1.76. The van der Waals surface area contributed by atoms with Crippen LogP contribution in [0, 0.1) is 0 Å². The van der Waals surface area contributed by atoms with Gasteiger partial charge in [-0.05, 0) is 18.2 Å². The number of carbonyl (C=O) groups is 1. The number of nitrogens with one attached hydrogen (secondary N) is 1. The summed E-state index contributed by atoms with van der Waals surface area (Å²) < 4.78 is 0. The highest BCUT2D eigenvalue weighted by Crippen LogP contribution is 2.17. The van der Waals surface area contributed by atoms with Gasteiger partial charge < -0.3 is 4.90 Å². The molecule has 0 aliphatic rings. The summed E-state index contributed by atoms with van der Waals surface area (Å²) in [5, 5.41) is 7.28. The number of hydrogen-bond donors (Lipinski definition) is 1. The predicted molar refractivity (Wildman–Crippen MR) is 84.1 cm³/mol. The van der Waals surface area contributed by atoms with Crippen molar-refractivity contribution in [2.75, 3.05) is 7.05 Å². The summed E-state index contributed by atoms with van der Waals surface area (Å²) >= 11 is 0. The molecule has 0 saturated heterocycles. The average molecular weight is 292 g/mol. The zero-order valence-corrected chi connectivity index (χ0v) is 12.2. The summed E-state index contributed by atoms with van der Waals surface area (Å²) in [5.41, 5.74) is 3.38. The van der Waals surface area contributed by atoms with Crippen LogP contribution in [0.5, 0.6) is 0 Å². The van der Waals surface area contributed by atoms with E-state index in [1.54, 1.807) is 36.5 Å². The van der Waals surface area contributed by atoms with E-state index < -0.39 is 0 Å². The lowest BCUT2D eigenvalue weighted by Gasteiger charge is -2.15. The summed E-state index contributed by atoms with van der Waals surface area (Å²) in [4.78, 5) is 17.9. The minimum atomic E-state index is -0.0658. The largest absolute Gasteiger partial charge is 0.336 e. The van der Waals surface area contributed by atoms with Gasteiger partial charge in [0.05, 0.1) is 23.5 Å². The Labute approximate surface area is 128 Å². The molecule has 1 amide bonds. The van der Waals surface area contributed by atoms with E-state index in [1.165, 1.54) is 0 Å². The van der Waals surface area contributed by atoms with E-state index in [4.69, 9.17) is 0 Å². The smallest absolute Gasteiger partial charge is 0.255 e. The molecule has 0 radical (unpaired) electrons. The van der Waals surface area contributed by atoms with Crippen molar-refractivity contribution in [1.29, 1.82) is 0 Å². The zero-order chi connectivity index (χ0) is 15.4. The van der Waals surface area contributed by atoms with Crippen molar-refractivity contribution in [3.63, 3.8) is 0 Å². The monoisotopic (exact) mass is 292 g/mol. The van der Waals surface area contributed by atoms with Crippen LogP contribution >= 0.6 is 0 Å². The third-order valence-corrected chi connectivity index (χ3v) is 3.36. The first-order valence-electron chi connectivity index (χ1n) is 6.99. The fraction of sp³-hybridized carbons (Fsp3) is 0.118. The van der Waals surface area contributed by atoms with Crippen molar-refractivity contribution in [2.45, 2.75) is 6.54 Å². The molecule has 0 aliphatic heterocycles. The molecule has 2 heterocycles. The van der Waals surface area contributed by atoms with Gasteiger partial charge in [-0.2, -0.15) is 5.10 Å². The number of aromatic nitrogens is 3. The lowest BCUT2D eigenvalue weighted by molar-refractivity contribution is 0.0783. The lowest BCUT2D eigenvalue weighted by atomic mass is 10.1. The van der Waals surface area contributed by atoms with Gasteiger partial charge >= 0.3 is 0 Å². The molecule has 3 rings (SSSR count). The number of pyridine rings is 1. The zero-order valence-electron chi connectivity index (χ0n) is 12.2. The van der Waals surface area contributed by atoms with Gasteiger partial charge in [-0.15, -0.1) is 0 Å². The van der Waals surface area contributed by atoms with E-state index in [-0.39, 0.29) is 5.91 Å². The topological polar surface area (TPSA) is 61.9 Å². The van der Waals surface area contributed by atoms with Crippen LogP contribution in [0.2, 0.25) is 0 Å². The summed E-state index contributed by atoms with van der Waals surface area (Å²) in [6.45, 7) is 0.466. The first-order valence-corrected chi connectivity index (χ1v) is 6.99. The molecule has 0 atom stereocenters. The van der Waals surface area contributed by atoms with Crippen molar-refractivity contribution < 1.29 is 4.79 Å². The Morgan fingerprint density at radius 2 is 2.00 bits per heavy atom. The number of rotatable bonds is 4. The molecule has 0 fully saturated rings. The molecule has 110 valence electrons. The number of benzene rings is 1. The molecule has 1 aromatic carbocycles. The maximum Gasteiger partial charge on any atom is 0.255 e. The normalized spacial score (nSPS) is 10.4. The van der Waals surface area contributed by atoms with Crippen LogP contribution < -0.4 is 0 Å². The van der Waals surface area contributed by atoms with Gasteiger partial charge in [-0.1, -0.05) is 30.3 Å². The van der Waals surface area contributed by atoms with Crippen molar-refractivity contribution >= 4 is 5.91 Å². The molecule has 0 unspecified atom stereocenters. The number of carbonyl (C=O) groups excluding carboxylic acids is 1. The van der Waals surface area contributed by atoms with Gasteiger partial charge in [0.15, 0.2) is 0 Å². The van der Waals surface area contributed by atoms with Gasteiger partial charge in [0.25, 0.3) is 5.91 Å². The second-order valence-corrected chi connectivity index (χ2v) is 5.05. The van der Waals surface area contributed by atoms with Crippen LogP contribution in [0.25, 0.3) is 11.3 Å². The van der Waals surface area contributed by atoms with E-state index in [1.807, 2.05) is 36.4 Å². The number of hydrogen-bond acceptors (Lipinski definition) is 3. The molecule has 0 saturated carbocycles. The van der Waals surface area contributed by atoms with E-state index in [0.29, 0.717) is 12.1 Å². The Balaban J connectivity index is 1.71. The number of nitrogens with zero attached hydrogens (tertiary/aromatic N) is 3. The Morgan fingerprint density at radius 1 is 1.18 bits per heavy atom. The summed E-state index contributed by atoms with van der Waals surface area (Å²) in [6, 6.07) is 15.4. The molecule has 0 aliphatic carbocycles. The first-order chi connectivity index (χ1) is 10.7. The van der Waals surface area contributed by atoms with E-state index >= 15 is 0 Å². The third kappa shape index (κ3) is 3.03. The van der Waals surface area contributed by atoms with Gasteiger partial charge in [0, 0.05) is 25.0 Å². The first kappa shape index (κ1) is 14.0. The predicted octanol–water partition coefficient (Wildman–Crippen LogP) is 2.74. The fourth-order valence-electron chi connectivity index (χ4n) is 2.24. The molecular formula is C17H16N4O. The third-order valence-electron chi connectivity index (χ3n) is 3.36. The van der Waals surface area contributed by atoms with Crippen molar-refractivity contribution in [1.82, 2.24) is 20.1 Å². The second-order valence-electron chi connectivity index (χ2n) is 5.05. The van der Waals surface area contributed by atoms with Crippen molar-refractivity contribution in [3.05, 3.63) is 72.2 Å². The molecule has 0 spiro atoms. The second kappa shape index (κ2) is 6.22. The lowest BCUT2D eigenvalue weighted by Crippen LogP contribution is -2.26. The Hall–Kier alpha value is -2.95. The van der Waals surface area contributed by atoms with E-state index in [0.717, 1.165) is 17.0 Å². The summed E-state index contributed by atoms with van der Waals surface area (Å²) in [6.07, 6.45) is 3.22. The van der Waals surface area contributed by atoms with Crippen LogP contribution in [0.4, 0.5) is 0 Å². The molecule has 3 aromatic rings. The molecule has 5 nitrogen and oxygen atoms in total. The summed E-state index contributed by atoms with van der Waals surface area (Å²) in [5.74, 6) is -0.0658. The van der Waals surface area contributed by atoms with Crippen LogP contribution in [-0.2, 0) is 6.54 Å². The van der Waals surface area contributed by atoms with Crippen LogP contribution in [0.3, 0.4) is 0 Å². The minimum Gasteiger partial charge on any atom is -0.336 e. The maximum absolute atomic E-state index is 12.3. The maximum atomic E-state index is 12.3. The Kier molecular flexibility index (Phi) is 3.96. The molecule has 5 heteroatoms.